The van der Waals surface area contributed by atoms with Crippen LogP contribution in [-0.2, 0) is 19.5 Å². The summed E-state index contributed by atoms with van der Waals surface area (Å²) in [7, 11) is -0.513. The molecule has 1 aromatic rings. The monoisotopic (exact) mass is 296 g/mol. The Morgan fingerprint density at radius 2 is 1.65 bits per heavy atom. The minimum absolute atomic E-state index is 0.170. The van der Waals surface area contributed by atoms with E-state index in [4.69, 9.17) is 14.7 Å². The van der Waals surface area contributed by atoms with Crippen LogP contribution in [0.5, 0.6) is 0 Å². The van der Waals surface area contributed by atoms with E-state index in [0.717, 1.165) is 0 Å². The molecule has 0 spiro atoms. The highest BCUT2D eigenvalue weighted by molar-refractivity contribution is 7.89. The third kappa shape index (κ3) is 2.69. The molecule has 2 rings (SSSR count). The molecular weight excluding hydrogens is 280 g/mol. The fourth-order valence-corrected chi connectivity index (χ4v) is 3.67. The van der Waals surface area contributed by atoms with Gasteiger partial charge in [0.15, 0.2) is 0 Å². The number of nitrogens with zero attached hydrogens (tertiary/aromatic N) is 2. The van der Waals surface area contributed by atoms with Gasteiger partial charge < -0.3 is 9.47 Å². The number of hydrogen-bond acceptors (Lipinski definition) is 5. The summed E-state index contributed by atoms with van der Waals surface area (Å²) in [6, 6.07) is 7.82. The summed E-state index contributed by atoms with van der Waals surface area (Å²) in [6.07, 6.45) is -0.540. The minimum atomic E-state index is -3.59. The van der Waals surface area contributed by atoms with Gasteiger partial charge in [0.1, 0.15) is 0 Å². The van der Waals surface area contributed by atoms with Gasteiger partial charge in [0.25, 0.3) is 0 Å². The number of rotatable bonds is 4. The van der Waals surface area contributed by atoms with Crippen LogP contribution in [0.1, 0.15) is 5.56 Å². The molecule has 0 aliphatic carbocycles. The average molecular weight is 296 g/mol. The lowest BCUT2D eigenvalue weighted by atomic mass is 10.2. The van der Waals surface area contributed by atoms with E-state index in [-0.39, 0.29) is 30.2 Å². The number of nitriles is 1. The summed E-state index contributed by atoms with van der Waals surface area (Å²) >= 11 is 0. The molecule has 20 heavy (non-hydrogen) atoms. The Morgan fingerprint density at radius 1 is 1.15 bits per heavy atom. The van der Waals surface area contributed by atoms with E-state index >= 15 is 0 Å². The van der Waals surface area contributed by atoms with E-state index in [2.05, 4.69) is 0 Å². The predicted octanol–water partition coefficient (Wildman–Crippen LogP) is 0.593. The van der Waals surface area contributed by atoms with Crippen molar-refractivity contribution < 1.29 is 17.9 Å². The first-order chi connectivity index (χ1) is 9.52. The van der Waals surface area contributed by atoms with Crippen LogP contribution >= 0.6 is 0 Å². The molecule has 7 heteroatoms. The molecule has 0 aromatic heterocycles. The van der Waals surface area contributed by atoms with Gasteiger partial charge in [0, 0.05) is 27.3 Å². The molecule has 0 bridgehead atoms. The van der Waals surface area contributed by atoms with Gasteiger partial charge in [0.05, 0.1) is 28.7 Å². The molecule has 0 radical (unpaired) electrons. The summed E-state index contributed by atoms with van der Waals surface area (Å²) in [6.45, 7) is 0.523. The maximum absolute atomic E-state index is 12.5. The van der Waals surface area contributed by atoms with Gasteiger partial charge in [-0.25, -0.2) is 8.42 Å². The van der Waals surface area contributed by atoms with Crippen molar-refractivity contribution in [1.82, 2.24) is 4.31 Å². The second-order valence-corrected chi connectivity index (χ2v) is 6.44. The van der Waals surface area contributed by atoms with E-state index in [1.807, 2.05) is 6.07 Å². The summed E-state index contributed by atoms with van der Waals surface area (Å²) in [5.41, 5.74) is 0.426. The van der Waals surface area contributed by atoms with Crippen LogP contribution in [-0.4, -0.2) is 52.2 Å². The van der Waals surface area contributed by atoms with Gasteiger partial charge in [-0.1, -0.05) is 0 Å². The number of sulfonamides is 1. The molecule has 6 nitrogen and oxygen atoms in total. The van der Waals surface area contributed by atoms with Crippen LogP contribution in [0.25, 0.3) is 0 Å². The van der Waals surface area contributed by atoms with Gasteiger partial charge in [-0.15, -0.1) is 0 Å². The van der Waals surface area contributed by atoms with E-state index < -0.39 is 10.0 Å². The van der Waals surface area contributed by atoms with Gasteiger partial charge in [-0.3, -0.25) is 0 Å². The molecule has 1 aliphatic rings. The van der Waals surface area contributed by atoms with Crippen molar-refractivity contribution in [1.29, 1.82) is 5.26 Å². The lowest BCUT2D eigenvalue weighted by Crippen LogP contribution is -2.30. The molecule has 0 saturated carbocycles. The molecule has 1 fully saturated rings. The van der Waals surface area contributed by atoms with Crippen LogP contribution in [0.3, 0.4) is 0 Å². The molecule has 1 aromatic carbocycles. The molecule has 2 atom stereocenters. The largest absolute Gasteiger partial charge is 0.377 e. The van der Waals surface area contributed by atoms with E-state index in [9.17, 15) is 8.42 Å². The Balaban J connectivity index is 2.25. The second-order valence-electron chi connectivity index (χ2n) is 4.51. The summed E-state index contributed by atoms with van der Waals surface area (Å²) in [5.74, 6) is 0. The van der Waals surface area contributed by atoms with Gasteiger partial charge in [-0.2, -0.15) is 9.57 Å². The molecule has 1 saturated heterocycles. The first-order valence-corrected chi connectivity index (χ1v) is 7.53. The van der Waals surface area contributed by atoms with Crippen molar-refractivity contribution in [2.45, 2.75) is 17.1 Å². The lowest BCUT2D eigenvalue weighted by molar-refractivity contribution is -0.00461. The van der Waals surface area contributed by atoms with Gasteiger partial charge in [0.2, 0.25) is 10.0 Å². The fourth-order valence-electron chi connectivity index (χ4n) is 2.21. The molecule has 0 amide bonds. The highest BCUT2D eigenvalue weighted by Gasteiger charge is 2.39. The van der Waals surface area contributed by atoms with Crippen LogP contribution in [0, 0.1) is 11.3 Å². The topological polar surface area (TPSA) is 79.6 Å². The van der Waals surface area contributed by atoms with Crippen molar-refractivity contribution in [3.63, 3.8) is 0 Å². The highest BCUT2D eigenvalue weighted by atomic mass is 32.2. The summed E-state index contributed by atoms with van der Waals surface area (Å²) < 4.78 is 36.8. The maximum Gasteiger partial charge on any atom is 0.243 e. The van der Waals surface area contributed by atoms with E-state index in [1.54, 1.807) is 0 Å². The zero-order valence-corrected chi connectivity index (χ0v) is 12.1. The molecule has 0 unspecified atom stereocenters. The van der Waals surface area contributed by atoms with Gasteiger partial charge >= 0.3 is 0 Å². The number of hydrogen-bond donors (Lipinski definition) is 0. The average Bonchev–Trinajstić information content (AvgIpc) is 2.91. The molecule has 0 N–H and O–H groups in total. The first-order valence-electron chi connectivity index (χ1n) is 6.09. The Kier molecular flexibility index (Phi) is 4.40. The molecular formula is C13H16N2O4S. The number of benzene rings is 1. The van der Waals surface area contributed by atoms with Crippen molar-refractivity contribution in [3.8, 4) is 6.07 Å². The standard InChI is InChI=1S/C13H16N2O4S/c1-18-12-8-15(9-13(12)19-2)20(16,17)11-5-3-10(7-14)4-6-11/h3-6,12-13H,8-9H2,1-2H3/t12-,13-/m1/s1. The minimum Gasteiger partial charge on any atom is -0.377 e. The Bertz CT molecular complexity index is 594. The first kappa shape index (κ1) is 14.9. The van der Waals surface area contributed by atoms with E-state index in [0.29, 0.717) is 5.56 Å². The summed E-state index contributed by atoms with van der Waals surface area (Å²) in [4.78, 5) is 0.170. The molecule has 108 valence electrons. The predicted molar refractivity (Wildman–Crippen MR) is 71.5 cm³/mol. The number of methoxy groups -OCH3 is 2. The van der Waals surface area contributed by atoms with Crippen molar-refractivity contribution in [3.05, 3.63) is 29.8 Å². The maximum atomic E-state index is 12.5. The molecule has 1 aliphatic heterocycles. The zero-order chi connectivity index (χ0) is 14.8. The van der Waals surface area contributed by atoms with Crippen LogP contribution in [0.4, 0.5) is 0 Å². The van der Waals surface area contributed by atoms with Crippen molar-refractivity contribution >= 4 is 10.0 Å². The highest BCUT2D eigenvalue weighted by Crippen LogP contribution is 2.24. The Morgan fingerprint density at radius 3 is 2.05 bits per heavy atom. The van der Waals surface area contributed by atoms with Crippen LogP contribution in [0.2, 0.25) is 0 Å². The third-order valence-electron chi connectivity index (χ3n) is 3.41. The lowest BCUT2D eigenvalue weighted by Gasteiger charge is -2.15. The van der Waals surface area contributed by atoms with Gasteiger partial charge in [-0.05, 0) is 24.3 Å². The summed E-state index contributed by atoms with van der Waals surface area (Å²) in [5, 5.41) is 8.73. The second kappa shape index (κ2) is 5.89. The fraction of sp³-hybridized carbons (Fsp3) is 0.462. The van der Waals surface area contributed by atoms with Crippen molar-refractivity contribution in [2.75, 3.05) is 27.3 Å². The SMILES string of the molecule is CO[C@@H]1CN(S(=O)(=O)c2ccc(C#N)cc2)C[C@H]1OC. The Hall–Kier alpha value is -1.46. The normalized spacial score (nSPS) is 23.6. The number of ether oxygens (including phenoxy) is 2. The smallest absolute Gasteiger partial charge is 0.243 e. The molecule has 1 heterocycles. The van der Waals surface area contributed by atoms with Crippen LogP contribution < -0.4 is 0 Å². The van der Waals surface area contributed by atoms with Crippen LogP contribution in [0.15, 0.2) is 29.2 Å². The third-order valence-corrected chi connectivity index (χ3v) is 5.25. The van der Waals surface area contributed by atoms with Crippen molar-refractivity contribution in [2.24, 2.45) is 0 Å². The van der Waals surface area contributed by atoms with E-state index in [1.165, 1.54) is 42.8 Å². The quantitative estimate of drug-likeness (QED) is 0.812. The Labute approximate surface area is 118 Å². The zero-order valence-electron chi connectivity index (χ0n) is 11.3.